The summed E-state index contributed by atoms with van der Waals surface area (Å²) in [4.78, 5) is 32.3. The van der Waals surface area contributed by atoms with Gasteiger partial charge >= 0.3 is 0 Å². The number of nitrogens with zero attached hydrogens (tertiary/aromatic N) is 4. The molecule has 0 spiro atoms. The van der Waals surface area contributed by atoms with Crippen LogP contribution in [-0.4, -0.2) is 51.2 Å². The van der Waals surface area contributed by atoms with Crippen molar-refractivity contribution in [3.63, 3.8) is 0 Å². The fourth-order valence-electron chi connectivity index (χ4n) is 4.90. The molecule has 2 amide bonds. The van der Waals surface area contributed by atoms with Crippen LogP contribution in [0.25, 0.3) is 0 Å². The first-order chi connectivity index (χ1) is 17.9. The zero-order valence-corrected chi connectivity index (χ0v) is 21.5. The number of ether oxygens (including phenoxy) is 1. The highest BCUT2D eigenvalue weighted by Gasteiger charge is 2.33. The summed E-state index contributed by atoms with van der Waals surface area (Å²) in [6.45, 7) is 7.50. The molecule has 0 radical (unpaired) electrons. The zero-order chi connectivity index (χ0) is 25.9. The summed E-state index contributed by atoms with van der Waals surface area (Å²) in [6.07, 6.45) is 4.74. The second kappa shape index (κ2) is 10.5. The number of rotatable bonds is 6. The number of hydrogen-bond acceptors (Lipinski definition) is 6. The minimum Gasteiger partial charge on any atom is -0.484 e. The van der Waals surface area contributed by atoms with Crippen LogP contribution in [-0.2, 0) is 9.59 Å². The Kier molecular flexibility index (Phi) is 6.94. The molecule has 37 heavy (non-hydrogen) atoms. The first-order valence-electron chi connectivity index (χ1n) is 12.7. The molecular formula is C28H32N6O3. The lowest BCUT2D eigenvalue weighted by atomic mass is 9.94. The summed E-state index contributed by atoms with van der Waals surface area (Å²) < 4.78 is 7.50. The molecule has 2 aromatic carbocycles. The molecule has 0 aliphatic carbocycles. The first-order valence-corrected chi connectivity index (χ1v) is 12.7. The largest absolute Gasteiger partial charge is 0.484 e. The molecular weight excluding hydrogens is 468 g/mol. The van der Waals surface area contributed by atoms with Crippen LogP contribution in [0.5, 0.6) is 5.75 Å². The van der Waals surface area contributed by atoms with Crippen molar-refractivity contribution in [1.29, 1.82) is 0 Å². The predicted molar refractivity (Wildman–Crippen MR) is 141 cm³/mol. The van der Waals surface area contributed by atoms with Gasteiger partial charge in [0, 0.05) is 24.5 Å². The van der Waals surface area contributed by atoms with E-state index in [4.69, 9.17) is 4.74 Å². The Bertz CT molecular complexity index is 1340. The molecule has 1 aromatic heterocycles. The van der Waals surface area contributed by atoms with E-state index in [0.717, 1.165) is 48.3 Å². The fraction of sp³-hybridized carbons (Fsp3) is 0.357. The van der Waals surface area contributed by atoms with E-state index in [1.54, 1.807) is 4.68 Å². The quantitative estimate of drug-likeness (QED) is 0.526. The maximum atomic E-state index is 13.6. The summed E-state index contributed by atoms with van der Waals surface area (Å²) in [5.74, 6) is 0.970. The smallest absolute Gasteiger partial charge is 0.260 e. The molecule has 9 nitrogen and oxygen atoms in total. The molecule has 0 saturated carbocycles. The van der Waals surface area contributed by atoms with Crippen LogP contribution < -0.4 is 15.4 Å². The third-order valence-electron chi connectivity index (χ3n) is 7.16. The van der Waals surface area contributed by atoms with Gasteiger partial charge in [-0.2, -0.15) is 10.1 Å². The Morgan fingerprint density at radius 1 is 1.05 bits per heavy atom. The van der Waals surface area contributed by atoms with Crippen LogP contribution >= 0.6 is 0 Å². The van der Waals surface area contributed by atoms with E-state index < -0.39 is 6.04 Å². The van der Waals surface area contributed by atoms with Gasteiger partial charge in [-0.25, -0.2) is 4.68 Å². The van der Waals surface area contributed by atoms with E-state index in [-0.39, 0.29) is 18.4 Å². The Hall–Kier alpha value is -4.14. The molecule has 1 fully saturated rings. The van der Waals surface area contributed by atoms with Crippen molar-refractivity contribution in [3.8, 4) is 5.75 Å². The zero-order valence-electron chi connectivity index (χ0n) is 21.5. The molecule has 5 rings (SSSR count). The number of nitrogens with one attached hydrogen (secondary N) is 2. The number of carbonyl (C=O) groups excluding carboxylic acids is 2. The number of fused-ring (bicyclic) bond motifs is 1. The Balaban J connectivity index is 1.37. The first kappa shape index (κ1) is 24.5. The van der Waals surface area contributed by atoms with Crippen LogP contribution in [0.15, 0.2) is 60.1 Å². The minimum absolute atomic E-state index is 0.0124. The van der Waals surface area contributed by atoms with Gasteiger partial charge in [0.25, 0.3) is 11.8 Å². The summed E-state index contributed by atoms with van der Waals surface area (Å²) in [5, 5.41) is 10.7. The van der Waals surface area contributed by atoms with E-state index in [1.807, 2.05) is 68.1 Å². The van der Waals surface area contributed by atoms with Crippen molar-refractivity contribution >= 4 is 23.5 Å². The van der Waals surface area contributed by atoms with Gasteiger partial charge in [0.2, 0.25) is 5.95 Å². The molecule has 1 atom stereocenters. The van der Waals surface area contributed by atoms with E-state index >= 15 is 0 Å². The van der Waals surface area contributed by atoms with E-state index in [0.29, 0.717) is 23.0 Å². The van der Waals surface area contributed by atoms with Crippen LogP contribution in [0.1, 0.15) is 48.9 Å². The van der Waals surface area contributed by atoms with Crippen LogP contribution in [0.2, 0.25) is 0 Å². The number of likely N-dealkylation sites (tertiary alicyclic amines) is 1. The predicted octanol–water partition coefficient (Wildman–Crippen LogP) is 4.21. The van der Waals surface area contributed by atoms with Crippen LogP contribution in [0, 0.1) is 13.8 Å². The molecule has 2 aliphatic heterocycles. The maximum absolute atomic E-state index is 13.6. The number of aromatic nitrogens is 3. The second-order valence-corrected chi connectivity index (χ2v) is 9.60. The summed E-state index contributed by atoms with van der Waals surface area (Å²) in [7, 11) is 0. The number of anilines is 2. The van der Waals surface area contributed by atoms with Crippen molar-refractivity contribution in [2.75, 3.05) is 30.3 Å². The minimum atomic E-state index is -0.479. The Labute approximate surface area is 216 Å². The number of piperidine rings is 1. The van der Waals surface area contributed by atoms with Gasteiger partial charge in [-0.3, -0.25) is 9.59 Å². The monoisotopic (exact) mass is 500 g/mol. The number of aryl methyl sites for hydroxylation is 1. The van der Waals surface area contributed by atoms with Crippen molar-refractivity contribution < 1.29 is 14.3 Å². The number of hydrogen-bond donors (Lipinski definition) is 2. The highest BCUT2D eigenvalue weighted by atomic mass is 16.5. The molecule has 192 valence electrons. The summed E-state index contributed by atoms with van der Waals surface area (Å²) in [6, 6.07) is 12.8. The maximum Gasteiger partial charge on any atom is 0.260 e. The Morgan fingerprint density at radius 3 is 2.57 bits per heavy atom. The normalized spacial score (nSPS) is 17.2. The average molecular weight is 501 g/mol. The van der Waals surface area contributed by atoms with E-state index in [2.05, 4.69) is 20.7 Å². The lowest BCUT2D eigenvalue weighted by Gasteiger charge is -2.29. The van der Waals surface area contributed by atoms with Gasteiger partial charge in [-0.15, -0.1) is 0 Å². The van der Waals surface area contributed by atoms with Crippen molar-refractivity contribution in [1.82, 2.24) is 19.7 Å². The summed E-state index contributed by atoms with van der Waals surface area (Å²) >= 11 is 0. The van der Waals surface area contributed by atoms with E-state index in [9.17, 15) is 9.59 Å². The standard InChI is InChI=1S/C28H32N6O3/c1-18-8-7-9-23(19(18)2)32-27(36)25-20(3)31-28-29-17-30-34(28)26(25)21-10-12-22(13-11-21)37-16-24(35)33-14-5-4-6-15-33/h7-13,17,26H,4-6,14-16H2,1-3H3,(H,32,36)(H,29,30,31). The van der Waals surface area contributed by atoms with Gasteiger partial charge in [-0.05, 0) is 74.9 Å². The van der Waals surface area contributed by atoms with Crippen LogP contribution in [0.3, 0.4) is 0 Å². The molecule has 3 aromatic rings. The van der Waals surface area contributed by atoms with Crippen molar-refractivity contribution in [2.45, 2.75) is 46.1 Å². The third kappa shape index (κ3) is 5.07. The van der Waals surface area contributed by atoms with Gasteiger partial charge in [-0.1, -0.05) is 24.3 Å². The van der Waals surface area contributed by atoms with Crippen molar-refractivity contribution in [3.05, 3.63) is 76.8 Å². The van der Waals surface area contributed by atoms with Crippen LogP contribution in [0.4, 0.5) is 11.6 Å². The fourth-order valence-corrected chi connectivity index (χ4v) is 4.90. The number of allylic oxidation sites excluding steroid dienone is 1. The topological polar surface area (TPSA) is 101 Å². The van der Waals surface area contributed by atoms with Gasteiger partial charge in [0.15, 0.2) is 6.61 Å². The third-order valence-corrected chi connectivity index (χ3v) is 7.16. The number of carbonyl (C=O) groups is 2. The van der Waals surface area contributed by atoms with Gasteiger partial charge in [0.1, 0.15) is 18.1 Å². The Morgan fingerprint density at radius 2 is 1.81 bits per heavy atom. The van der Waals surface area contributed by atoms with Crippen molar-refractivity contribution in [2.24, 2.45) is 0 Å². The number of benzene rings is 2. The molecule has 1 saturated heterocycles. The van der Waals surface area contributed by atoms with Gasteiger partial charge in [0.05, 0.1) is 5.57 Å². The number of amides is 2. The molecule has 1 unspecified atom stereocenters. The molecule has 2 N–H and O–H groups in total. The summed E-state index contributed by atoms with van der Waals surface area (Å²) in [5.41, 5.74) is 5.02. The highest BCUT2D eigenvalue weighted by Crippen LogP contribution is 2.36. The SMILES string of the molecule is CC1=C(C(=O)Nc2cccc(C)c2C)C(c2ccc(OCC(=O)N3CCCCC3)cc2)n2ncnc2N1. The van der Waals surface area contributed by atoms with Gasteiger partial charge < -0.3 is 20.3 Å². The molecule has 0 bridgehead atoms. The molecule has 2 aliphatic rings. The molecule has 3 heterocycles. The lowest BCUT2D eigenvalue weighted by Crippen LogP contribution is -2.38. The highest BCUT2D eigenvalue weighted by molar-refractivity contribution is 6.06. The van der Waals surface area contributed by atoms with E-state index in [1.165, 1.54) is 12.7 Å². The average Bonchev–Trinajstić information content (AvgIpc) is 3.38. The second-order valence-electron chi connectivity index (χ2n) is 9.60. The lowest BCUT2D eigenvalue weighted by molar-refractivity contribution is -0.134. The molecule has 9 heteroatoms.